The second kappa shape index (κ2) is 8.94. The molecule has 1 aromatic carbocycles. The summed E-state index contributed by atoms with van der Waals surface area (Å²) >= 11 is 0. The molecule has 0 aliphatic carbocycles. The Kier molecular flexibility index (Phi) is 6.16. The number of pyridine rings is 2. The Balaban J connectivity index is 1.80. The third-order valence-corrected chi connectivity index (χ3v) is 4.35. The third kappa shape index (κ3) is 4.62. The van der Waals surface area contributed by atoms with Gasteiger partial charge in [0.25, 0.3) is 5.91 Å². The number of rotatable bonds is 7. The van der Waals surface area contributed by atoms with Crippen molar-refractivity contribution in [2.24, 2.45) is 0 Å². The Morgan fingerprint density at radius 1 is 1.04 bits per heavy atom. The first-order chi connectivity index (χ1) is 13.6. The van der Waals surface area contributed by atoms with Crippen LogP contribution in [0.1, 0.15) is 23.8 Å². The number of carbonyl (C=O) groups excluding carboxylic acids is 2. The van der Waals surface area contributed by atoms with Crippen LogP contribution in [0.5, 0.6) is 0 Å². The maximum Gasteiger partial charge on any atom is 0.274 e. The molecule has 0 aliphatic rings. The molecule has 2 N–H and O–H groups in total. The normalized spacial score (nSPS) is 10.5. The van der Waals surface area contributed by atoms with Crippen molar-refractivity contribution < 1.29 is 9.59 Å². The third-order valence-electron chi connectivity index (χ3n) is 4.35. The number of benzene rings is 1. The van der Waals surface area contributed by atoms with Crippen LogP contribution in [0.15, 0.2) is 54.9 Å². The van der Waals surface area contributed by atoms with E-state index in [0.29, 0.717) is 17.9 Å². The number of aromatic nitrogens is 2. The summed E-state index contributed by atoms with van der Waals surface area (Å²) in [5, 5.41) is 6.65. The van der Waals surface area contributed by atoms with Crippen molar-refractivity contribution in [2.45, 2.75) is 13.3 Å². The van der Waals surface area contributed by atoms with Gasteiger partial charge in [0, 0.05) is 50.5 Å². The van der Waals surface area contributed by atoms with Gasteiger partial charge in [0.2, 0.25) is 5.91 Å². The molecule has 7 heteroatoms. The zero-order valence-corrected chi connectivity index (χ0v) is 16.0. The van der Waals surface area contributed by atoms with E-state index in [1.165, 1.54) is 6.92 Å². The van der Waals surface area contributed by atoms with E-state index in [4.69, 9.17) is 0 Å². The van der Waals surface area contributed by atoms with E-state index in [1.807, 2.05) is 31.3 Å². The van der Waals surface area contributed by atoms with Crippen molar-refractivity contribution in [1.29, 1.82) is 0 Å². The van der Waals surface area contributed by atoms with E-state index in [2.05, 4.69) is 25.5 Å². The van der Waals surface area contributed by atoms with Gasteiger partial charge in [-0.3, -0.25) is 19.6 Å². The minimum absolute atomic E-state index is 0.0229. The van der Waals surface area contributed by atoms with Gasteiger partial charge >= 0.3 is 0 Å². The fourth-order valence-electron chi connectivity index (χ4n) is 2.98. The molecule has 0 unspecified atom stereocenters. The van der Waals surface area contributed by atoms with Crippen LogP contribution in [0.3, 0.4) is 0 Å². The number of amides is 2. The highest BCUT2D eigenvalue weighted by Crippen LogP contribution is 2.30. The molecule has 0 saturated heterocycles. The van der Waals surface area contributed by atoms with Gasteiger partial charge in [-0.05, 0) is 42.8 Å². The number of carbonyl (C=O) groups is 2. The molecule has 144 valence electrons. The highest BCUT2D eigenvalue weighted by atomic mass is 16.2. The topological polar surface area (TPSA) is 87.2 Å². The van der Waals surface area contributed by atoms with E-state index in [0.717, 1.165) is 29.6 Å². The average molecular weight is 377 g/mol. The molecule has 3 rings (SSSR count). The molecule has 0 spiro atoms. The molecule has 7 nitrogen and oxygen atoms in total. The minimum Gasteiger partial charge on any atom is -0.374 e. The molecule has 0 radical (unpaired) electrons. The van der Waals surface area contributed by atoms with Crippen LogP contribution in [0.4, 0.5) is 11.4 Å². The van der Waals surface area contributed by atoms with Gasteiger partial charge in [-0.1, -0.05) is 6.07 Å². The fourth-order valence-corrected chi connectivity index (χ4v) is 2.98. The average Bonchev–Trinajstić information content (AvgIpc) is 2.71. The van der Waals surface area contributed by atoms with Gasteiger partial charge in [-0.15, -0.1) is 0 Å². The van der Waals surface area contributed by atoms with E-state index in [9.17, 15) is 9.59 Å². The lowest BCUT2D eigenvalue weighted by atomic mass is 10.1. The van der Waals surface area contributed by atoms with Crippen LogP contribution in [-0.2, 0) is 4.79 Å². The number of hydrogen-bond donors (Lipinski definition) is 2. The Morgan fingerprint density at radius 2 is 1.86 bits per heavy atom. The van der Waals surface area contributed by atoms with Gasteiger partial charge in [0.05, 0.1) is 11.2 Å². The molecular weight excluding hydrogens is 354 g/mol. The maximum absolute atomic E-state index is 12.5. The lowest BCUT2D eigenvalue weighted by molar-refractivity contribution is -0.118. The smallest absolute Gasteiger partial charge is 0.274 e. The predicted octanol–water partition coefficient (Wildman–Crippen LogP) is 2.84. The summed E-state index contributed by atoms with van der Waals surface area (Å²) in [6, 6.07) is 12.9. The second-order valence-electron chi connectivity index (χ2n) is 6.46. The first-order valence-corrected chi connectivity index (χ1v) is 9.12. The van der Waals surface area contributed by atoms with Crippen LogP contribution >= 0.6 is 0 Å². The van der Waals surface area contributed by atoms with Crippen LogP contribution in [0.25, 0.3) is 10.9 Å². The molecule has 2 aromatic heterocycles. The first-order valence-electron chi connectivity index (χ1n) is 9.12. The largest absolute Gasteiger partial charge is 0.374 e. The molecule has 0 atom stereocenters. The standard InChI is InChI=1S/C21H23N5O2/c1-15(27)22-13-6-14-26(2)19-10-9-17(20-16(19)7-5-12-24-20)25-21(28)18-8-3-4-11-23-18/h3-5,7-12H,6,13-14H2,1-2H3,(H,22,27)(H,25,28). The second-order valence-corrected chi connectivity index (χ2v) is 6.46. The van der Waals surface area contributed by atoms with E-state index in [1.54, 1.807) is 30.6 Å². The van der Waals surface area contributed by atoms with E-state index in [-0.39, 0.29) is 11.8 Å². The Labute approximate surface area is 163 Å². The summed E-state index contributed by atoms with van der Waals surface area (Å²) in [4.78, 5) is 34.1. The molecule has 2 heterocycles. The summed E-state index contributed by atoms with van der Waals surface area (Å²) in [5.74, 6) is -0.297. The maximum atomic E-state index is 12.5. The van der Waals surface area contributed by atoms with Gasteiger partial charge in [-0.2, -0.15) is 0 Å². The van der Waals surface area contributed by atoms with Crippen molar-refractivity contribution in [3.8, 4) is 0 Å². The lowest BCUT2D eigenvalue weighted by Gasteiger charge is -2.22. The zero-order valence-electron chi connectivity index (χ0n) is 16.0. The zero-order chi connectivity index (χ0) is 19.9. The number of nitrogens with one attached hydrogen (secondary N) is 2. The number of nitrogens with zero attached hydrogens (tertiary/aromatic N) is 3. The van der Waals surface area contributed by atoms with Gasteiger partial charge in [0.15, 0.2) is 0 Å². The Morgan fingerprint density at radius 3 is 2.61 bits per heavy atom. The molecule has 0 bridgehead atoms. The molecule has 28 heavy (non-hydrogen) atoms. The van der Waals surface area contributed by atoms with Gasteiger partial charge < -0.3 is 15.5 Å². The monoisotopic (exact) mass is 377 g/mol. The van der Waals surface area contributed by atoms with Crippen molar-refractivity contribution in [1.82, 2.24) is 15.3 Å². The summed E-state index contributed by atoms with van der Waals surface area (Å²) < 4.78 is 0. The molecular formula is C21H23N5O2. The van der Waals surface area contributed by atoms with Crippen LogP contribution < -0.4 is 15.5 Å². The van der Waals surface area contributed by atoms with Gasteiger partial charge in [-0.25, -0.2) is 0 Å². The highest BCUT2D eigenvalue weighted by molar-refractivity contribution is 6.09. The van der Waals surface area contributed by atoms with Crippen molar-refractivity contribution in [3.63, 3.8) is 0 Å². The van der Waals surface area contributed by atoms with Crippen LogP contribution in [0, 0.1) is 0 Å². The van der Waals surface area contributed by atoms with Crippen LogP contribution in [0.2, 0.25) is 0 Å². The summed E-state index contributed by atoms with van der Waals surface area (Å²) in [5.41, 5.74) is 2.73. The first kappa shape index (κ1) is 19.3. The summed E-state index contributed by atoms with van der Waals surface area (Å²) in [6.07, 6.45) is 4.12. The molecule has 3 aromatic rings. The van der Waals surface area contributed by atoms with E-state index >= 15 is 0 Å². The quantitative estimate of drug-likeness (QED) is 0.618. The van der Waals surface area contributed by atoms with Crippen molar-refractivity contribution in [2.75, 3.05) is 30.4 Å². The Hall–Kier alpha value is -3.48. The lowest BCUT2D eigenvalue weighted by Crippen LogP contribution is -2.26. The van der Waals surface area contributed by atoms with Crippen molar-refractivity contribution in [3.05, 3.63) is 60.6 Å². The van der Waals surface area contributed by atoms with E-state index < -0.39 is 0 Å². The number of anilines is 2. The van der Waals surface area contributed by atoms with Crippen molar-refractivity contribution >= 4 is 34.1 Å². The van der Waals surface area contributed by atoms with Gasteiger partial charge in [0.1, 0.15) is 5.69 Å². The SMILES string of the molecule is CC(=O)NCCCN(C)c1ccc(NC(=O)c2ccccn2)c2ncccc12. The van der Waals surface area contributed by atoms with Crippen LogP contribution in [-0.4, -0.2) is 41.9 Å². The fraction of sp³-hybridized carbons (Fsp3) is 0.238. The summed E-state index contributed by atoms with van der Waals surface area (Å²) in [6.45, 7) is 2.93. The minimum atomic E-state index is -0.274. The Bertz CT molecular complexity index is 975. The predicted molar refractivity (Wildman–Crippen MR) is 111 cm³/mol. The number of hydrogen-bond acceptors (Lipinski definition) is 5. The number of fused-ring (bicyclic) bond motifs is 1. The highest BCUT2D eigenvalue weighted by Gasteiger charge is 2.13. The summed E-state index contributed by atoms with van der Waals surface area (Å²) in [7, 11) is 2.00. The molecule has 0 saturated carbocycles. The molecule has 0 aliphatic heterocycles. The molecule has 2 amide bonds. The molecule has 0 fully saturated rings.